The van der Waals surface area contributed by atoms with Crippen molar-refractivity contribution >= 4 is 6.03 Å². The number of nitrogens with one attached hydrogen (secondary N) is 1. The molecule has 82 valence electrons. The molecule has 0 heterocycles. The van der Waals surface area contributed by atoms with Crippen LogP contribution in [0.2, 0.25) is 0 Å². The van der Waals surface area contributed by atoms with E-state index >= 15 is 0 Å². The van der Waals surface area contributed by atoms with Gasteiger partial charge in [-0.25, -0.2) is 4.79 Å². The first-order valence-corrected chi connectivity index (χ1v) is 5.63. The zero-order chi connectivity index (χ0) is 10.6. The first-order chi connectivity index (χ1) is 6.65. The third-order valence-electron chi connectivity index (χ3n) is 2.94. The Morgan fingerprint density at radius 3 is 2.50 bits per heavy atom. The summed E-state index contributed by atoms with van der Waals surface area (Å²) in [6.45, 7) is 5.30. The molecule has 0 aromatic carbocycles. The van der Waals surface area contributed by atoms with Gasteiger partial charge in [0.1, 0.15) is 0 Å². The Balaban J connectivity index is 2.39. The lowest BCUT2D eigenvalue weighted by Crippen LogP contribution is -2.48. The van der Waals surface area contributed by atoms with E-state index in [1.807, 2.05) is 4.90 Å². The van der Waals surface area contributed by atoms with Crippen LogP contribution in [0.3, 0.4) is 0 Å². The van der Waals surface area contributed by atoms with E-state index < -0.39 is 0 Å². The van der Waals surface area contributed by atoms with E-state index in [0.29, 0.717) is 12.0 Å². The summed E-state index contributed by atoms with van der Waals surface area (Å²) >= 11 is 0. The summed E-state index contributed by atoms with van der Waals surface area (Å²) in [7, 11) is 1.71. The van der Waals surface area contributed by atoms with Crippen LogP contribution in [-0.2, 0) is 0 Å². The van der Waals surface area contributed by atoms with E-state index in [1.54, 1.807) is 7.05 Å². The SMILES string of the molecule is CNC(=O)N(CCC(C)C)C1CCC1. The average molecular weight is 198 g/mol. The van der Waals surface area contributed by atoms with Gasteiger partial charge in [-0.05, 0) is 31.6 Å². The van der Waals surface area contributed by atoms with Crippen LogP contribution >= 0.6 is 0 Å². The minimum Gasteiger partial charge on any atom is -0.341 e. The van der Waals surface area contributed by atoms with Crippen molar-refractivity contribution in [3.8, 4) is 0 Å². The van der Waals surface area contributed by atoms with Gasteiger partial charge < -0.3 is 10.2 Å². The highest BCUT2D eigenvalue weighted by molar-refractivity contribution is 5.74. The minimum absolute atomic E-state index is 0.0929. The van der Waals surface area contributed by atoms with Crippen LogP contribution in [-0.4, -0.2) is 30.6 Å². The zero-order valence-corrected chi connectivity index (χ0v) is 9.55. The van der Waals surface area contributed by atoms with Crippen molar-refractivity contribution in [3.63, 3.8) is 0 Å². The Hall–Kier alpha value is -0.730. The van der Waals surface area contributed by atoms with Gasteiger partial charge in [0.15, 0.2) is 0 Å². The second-order valence-electron chi connectivity index (χ2n) is 4.52. The molecule has 1 saturated carbocycles. The molecule has 0 radical (unpaired) electrons. The van der Waals surface area contributed by atoms with E-state index in [1.165, 1.54) is 19.3 Å². The van der Waals surface area contributed by atoms with Gasteiger partial charge in [0.05, 0.1) is 0 Å². The molecule has 1 fully saturated rings. The predicted molar refractivity (Wildman–Crippen MR) is 58.3 cm³/mol. The molecule has 0 aromatic rings. The molecule has 0 aliphatic heterocycles. The van der Waals surface area contributed by atoms with Gasteiger partial charge in [-0.2, -0.15) is 0 Å². The maximum Gasteiger partial charge on any atom is 0.317 e. The standard InChI is InChI=1S/C11H22N2O/c1-9(2)7-8-13(11(14)12-3)10-5-4-6-10/h9-10H,4-8H2,1-3H3,(H,12,14). The third kappa shape index (κ3) is 2.89. The summed E-state index contributed by atoms with van der Waals surface area (Å²) in [6.07, 6.45) is 4.75. The molecule has 1 N–H and O–H groups in total. The van der Waals surface area contributed by atoms with Crippen LogP contribution < -0.4 is 5.32 Å². The molecule has 0 spiro atoms. The van der Waals surface area contributed by atoms with E-state index in [2.05, 4.69) is 19.2 Å². The van der Waals surface area contributed by atoms with Crippen LogP contribution in [0.5, 0.6) is 0 Å². The summed E-state index contributed by atoms with van der Waals surface area (Å²) < 4.78 is 0. The second-order valence-corrected chi connectivity index (χ2v) is 4.52. The van der Waals surface area contributed by atoms with Gasteiger partial charge in [-0.15, -0.1) is 0 Å². The summed E-state index contributed by atoms with van der Waals surface area (Å²) in [4.78, 5) is 13.6. The normalized spacial score (nSPS) is 16.6. The summed E-state index contributed by atoms with van der Waals surface area (Å²) in [5.74, 6) is 0.669. The maximum absolute atomic E-state index is 11.6. The van der Waals surface area contributed by atoms with Gasteiger partial charge in [-0.1, -0.05) is 13.8 Å². The topological polar surface area (TPSA) is 32.3 Å². The Morgan fingerprint density at radius 2 is 2.14 bits per heavy atom. The quantitative estimate of drug-likeness (QED) is 0.738. The van der Waals surface area contributed by atoms with E-state index in [9.17, 15) is 4.79 Å². The molecule has 3 nitrogen and oxygen atoms in total. The monoisotopic (exact) mass is 198 g/mol. The molecule has 1 rings (SSSR count). The van der Waals surface area contributed by atoms with Crippen molar-refractivity contribution < 1.29 is 4.79 Å². The van der Waals surface area contributed by atoms with E-state index in [-0.39, 0.29) is 6.03 Å². The number of hydrogen-bond acceptors (Lipinski definition) is 1. The maximum atomic E-state index is 11.6. The molecule has 0 aromatic heterocycles. The number of carbonyl (C=O) groups is 1. The van der Waals surface area contributed by atoms with Gasteiger partial charge in [-0.3, -0.25) is 0 Å². The number of hydrogen-bond donors (Lipinski definition) is 1. The molecule has 14 heavy (non-hydrogen) atoms. The lowest BCUT2D eigenvalue weighted by atomic mass is 9.91. The number of amides is 2. The number of rotatable bonds is 4. The lowest BCUT2D eigenvalue weighted by molar-refractivity contribution is 0.135. The molecule has 0 saturated heterocycles. The fourth-order valence-electron chi connectivity index (χ4n) is 1.69. The number of urea groups is 1. The van der Waals surface area contributed by atoms with Gasteiger partial charge in [0.2, 0.25) is 0 Å². The van der Waals surface area contributed by atoms with Crippen molar-refractivity contribution in [2.24, 2.45) is 5.92 Å². The van der Waals surface area contributed by atoms with Crippen LogP contribution in [0.1, 0.15) is 39.5 Å². The molecule has 2 amide bonds. The molecule has 0 unspecified atom stereocenters. The molecule has 1 aliphatic carbocycles. The second kappa shape index (κ2) is 5.23. The molecule has 0 bridgehead atoms. The first kappa shape index (κ1) is 11.3. The summed E-state index contributed by atoms with van der Waals surface area (Å²) in [5.41, 5.74) is 0. The molecule has 1 aliphatic rings. The smallest absolute Gasteiger partial charge is 0.317 e. The van der Waals surface area contributed by atoms with Gasteiger partial charge in [0.25, 0.3) is 0 Å². The van der Waals surface area contributed by atoms with E-state index in [4.69, 9.17) is 0 Å². The number of carbonyl (C=O) groups excluding carboxylic acids is 1. The Labute approximate surface area is 86.9 Å². The summed E-state index contributed by atoms with van der Waals surface area (Å²) in [6, 6.07) is 0.601. The van der Waals surface area contributed by atoms with Gasteiger partial charge in [0, 0.05) is 19.6 Å². The summed E-state index contributed by atoms with van der Waals surface area (Å²) in [5, 5.41) is 2.72. The molecule has 3 heteroatoms. The Bertz CT molecular complexity index is 188. The lowest BCUT2D eigenvalue weighted by Gasteiger charge is -2.37. The third-order valence-corrected chi connectivity index (χ3v) is 2.94. The number of nitrogens with zero attached hydrogens (tertiary/aromatic N) is 1. The Kier molecular flexibility index (Phi) is 4.23. The van der Waals surface area contributed by atoms with Crippen LogP contribution in [0.25, 0.3) is 0 Å². The fourth-order valence-corrected chi connectivity index (χ4v) is 1.69. The van der Waals surface area contributed by atoms with Crippen molar-refractivity contribution in [2.75, 3.05) is 13.6 Å². The van der Waals surface area contributed by atoms with Crippen molar-refractivity contribution in [2.45, 2.75) is 45.6 Å². The molecular weight excluding hydrogens is 176 g/mol. The Morgan fingerprint density at radius 1 is 1.50 bits per heavy atom. The molecular formula is C11H22N2O. The highest BCUT2D eigenvalue weighted by Gasteiger charge is 2.27. The minimum atomic E-state index is 0.0929. The highest BCUT2D eigenvalue weighted by Crippen LogP contribution is 2.25. The first-order valence-electron chi connectivity index (χ1n) is 5.63. The van der Waals surface area contributed by atoms with Crippen LogP contribution in [0.4, 0.5) is 4.79 Å². The average Bonchev–Trinajstić information content (AvgIpc) is 2.07. The highest BCUT2D eigenvalue weighted by atomic mass is 16.2. The van der Waals surface area contributed by atoms with Crippen molar-refractivity contribution in [3.05, 3.63) is 0 Å². The van der Waals surface area contributed by atoms with Crippen LogP contribution in [0.15, 0.2) is 0 Å². The zero-order valence-electron chi connectivity index (χ0n) is 9.55. The van der Waals surface area contributed by atoms with E-state index in [0.717, 1.165) is 13.0 Å². The predicted octanol–water partition coefficient (Wildman–Crippen LogP) is 2.23. The fraction of sp³-hybridized carbons (Fsp3) is 0.909. The largest absolute Gasteiger partial charge is 0.341 e. The van der Waals surface area contributed by atoms with Crippen molar-refractivity contribution in [1.29, 1.82) is 0 Å². The molecule has 0 atom stereocenters. The van der Waals surface area contributed by atoms with Crippen molar-refractivity contribution in [1.82, 2.24) is 10.2 Å². The van der Waals surface area contributed by atoms with Crippen LogP contribution in [0, 0.1) is 5.92 Å². The van der Waals surface area contributed by atoms with Gasteiger partial charge >= 0.3 is 6.03 Å².